The minimum atomic E-state index is -1.96. The van der Waals surface area contributed by atoms with Crippen LogP contribution in [0.15, 0.2) is 39.5 Å². The Morgan fingerprint density at radius 1 is 0.682 bits per heavy atom. The number of hydrogen-bond donors (Lipinski definition) is 11. The van der Waals surface area contributed by atoms with E-state index in [1.165, 1.54) is 6.07 Å². The molecule has 3 heterocycles. The molecular formula is C27H30O17. The Hall–Kier alpha value is -3.75. The molecule has 240 valence electrons. The van der Waals surface area contributed by atoms with Crippen LogP contribution in [-0.2, 0) is 9.47 Å². The molecule has 1 aromatic heterocycles. The maximum Gasteiger partial charge on any atom is 0.239 e. The number of aromatic hydroxyl groups is 3. The number of ether oxygens (including phenoxy) is 4. The van der Waals surface area contributed by atoms with Crippen molar-refractivity contribution in [1.82, 2.24) is 0 Å². The van der Waals surface area contributed by atoms with E-state index in [9.17, 15) is 61.0 Å². The van der Waals surface area contributed by atoms with Gasteiger partial charge in [0.15, 0.2) is 17.3 Å². The van der Waals surface area contributed by atoms with Crippen molar-refractivity contribution < 1.29 is 79.5 Å². The number of rotatable bonds is 7. The SMILES string of the molecule is O=c1c(O[C@@H]2O[C@H](CO)[C@@H](O)[C@H](O)[C@H]2O)c(-c2ccc(O)c(O)c2)oc2cc(O)cc(O[C@H]3O[C@H](CO)[C@H](O)[C@@H](O)[C@H]3O)c12. The summed E-state index contributed by atoms with van der Waals surface area (Å²) in [5, 5.41) is 110. The Morgan fingerprint density at radius 3 is 1.80 bits per heavy atom. The van der Waals surface area contributed by atoms with Crippen molar-refractivity contribution in [3.8, 4) is 40.1 Å². The van der Waals surface area contributed by atoms with Gasteiger partial charge in [0.25, 0.3) is 0 Å². The van der Waals surface area contributed by atoms with E-state index in [1.807, 2.05) is 0 Å². The van der Waals surface area contributed by atoms with Gasteiger partial charge >= 0.3 is 0 Å². The second-order valence-corrected chi connectivity index (χ2v) is 10.2. The normalized spacial score (nSPS) is 32.5. The first-order valence-electron chi connectivity index (χ1n) is 13.2. The van der Waals surface area contributed by atoms with Gasteiger partial charge in [-0.05, 0) is 18.2 Å². The molecule has 2 fully saturated rings. The van der Waals surface area contributed by atoms with E-state index in [0.717, 1.165) is 24.3 Å². The highest BCUT2D eigenvalue weighted by atomic mass is 16.7. The first-order valence-corrected chi connectivity index (χ1v) is 13.2. The quantitative estimate of drug-likeness (QED) is 0.116. The number of phenolic OH excluding ortho intramolecular Hbond substituents is 3. The molecule has 3 aromatic rings. The van der Waals surface area contributed by atoms with Gasteiger partial charge in [0.05, 0.1) is 13.2 Å². The monoisotopic (exact) mass is 626 g/mol. The molecule has 10 atom stereocenters. The second kappa shape index (κ2) is 12.3. The zero-order valence-electron chi connectivity index (χ0n) is 22.4. The minimum Gasteiger partial charge on any atom is -0.508 e. The Morgan fingerprint density at radius 2 is 1.25 bits per heavy atom. The fourth-order valence-corrected chi connectivity index (χ4v) is 4.88. The third-order valence-corrected chi connectivity index (χ3v) is 7.31. The zero-order valence-corrected chi connectivity index (χ0v) is 22.4. The van der Waals surface area contributed by atoms with Crippen molar-refractivity contribution in [2.75, 3.05) is 13.2 Å². The molecule has 2 aromatic carbocycles. The molecule has 17 nitrogen and oxygen atoms in total. The summed E-state index contributed by atoms with van der Waals surface area (Å²) in [6.45, 7) is -1.60. The van der Waals surface area contributed by atoms with E-state index in [2.05, 4.69) is 0 Å². The second-order valence-electron chi connectivity index (χ2n) is 10.2. The Labute approximate surface area is 246 Å². The van der Waals surface area contributed by atoms with E-state index in [4.69, 9.17) is 23.4 Å². The standard InChI is InChI=1S/C27H30O17/c28-6-14-17(33)20(36)22(38)26(42-14)41-13-5-9(30)4-12-16(13)19(35)25(24(40-12)8-1-2-10(31)11(32)3-8)44-27-23(39)21(37)18(34)15(7-29)43-27/h1-5,14-15,17-18,20-23,26-34,36-39H,6-7H2/t14-,15-,17+,18-,20-,21+,22-,23-,26+,27+/m1/s1. The summed E-state index contributed by atoms with van der Waals surface area (Å²) in [4.78, 5) is 14.1. The molecular weight excluding hydrogens is 596 g/mol. The van der Waals surface area contributed by atoms with Crippen LogP contribution in [0.25, 0.3) is 22.3 Å². The van der Waals surface area contributed by atoms with Crippen LogP contribution in [0.4, 0.5) is 0 Å². The highest BCUT2D eigenvalue weighted by Gasteiger charge is 2.46. The lowest BCUT2D eigenvalue weighted by Gasteiger charge is -2.39. The maximum absolute atomic E-state index is 14.1. The van der Waals surface area contributed by atoms with Gasteiger partial charge in [-0.3, -0.25) is 4.79 Å². The third-order valence-electron chi connectivity index (χ3n) is 7.31. The van der Waals surface area contributed by atoms with Crippen LogP contribution < -0.4 is 14.9 Å². The van der Waals surface area contributed by atoms with Gasteiger partial charge < -0.3 is 79.5 Å². The predicted molar refractivity (Wildman–Crippen MR) is 142 cm³/mol. The number of aliphatic hydroxyl groups is 8. The summed E-state index contributed by atoms with van der Waals surface area (Å²) >= 11 is 0. The highest BCUT2D eigenvalue weighted by molar-refractivity contribution is 5.88. The lowest BCUT2D eigenvalue weighted by atomic mass is 9.99. The average Bonchev–Trinajstić information content (AvgIpc) is 2.99. The molecule has 2 saturated heterocycles. The van der Waals surface area contributed by atoms with Crippen molar-refractivity contribution >= 4 is 11.0 Å². The largest absolute Gasteiger partial charge is 0.508 e. The summed E-state index contributed by atoms with van der Waals surface area (Å²) < 4.78 is 27.8. The van der Waals surface area contributed by atoms with Gasteiger partial charge in [-0.1, -0.05) is 0 Å². The van der Waals surface area contributed by atoms with Crippen LogP contribution in [-0.4, -0.2) is 131 Å². The van der Waals surface area contributed by atoms with E-state index in [-0.39, 0.29) is 11.1 Å². The average molecular weight is 627 g/mol. The lowest BCUT2D eigenvalue weighted by Crippen LogP contribution is -2.60. The van der Waals surface area contributed by atoms with Crippen molar-refractivity contribution in [3.05, 3.63) is 40.6 Å². The van der Waals surface area contributed by atoms with E-state index in [1.54, 1.807) is 0 Å². The molecule has 44 heavy (non-hydrogen) atoms. The Balaban J connectivity index is 1.66. The van der Waals surface area contributed by atoms with E-state index in [0.29, 0.717) is 0 Å². The predicted octanol–water partition coefficient (Wildman–Crippen LogP) is -3.07. The summed E-state index contributed by atoms with van der Waals surface area (Å²) in [6, 6.07) is 5.19. The van der Waals surface area contributed by atoms with Crippen molar-refractivity contribution in [1.29, 1.82) is 0 Å². The number of hydrogen-bond acceptors (Lipinski definition) is 17. The molecule has 0 bridgehead atoms. The molecule has 0 spiro atoms. The van der Waals surface area contributed by atoms with E-state index < -0.39 is 120 Å². The summed E-state index contributed by atoms with van der Waals surface area (Å²) in [5.74, 6) is -3.37. The lowest BCUT2D eigenvalue weighted by molar-refractivity contribution is -0.277. The molecule has 2 aliphatic rings. The van der Waals surface area contributed by atoms with Gasteiger partial charge in [0.1, 0.15) is 71.3 Å². The molecule has 0 aliphatic carbocycles. The molecule has 5 rings (SSSR count). The van der Waals surface area contributed by atoms with Gasteiger partial charge in [-0.25, -0.2) is 0 Å². The topological polar surface area (TPSA) is 290 Å². The van der Waals surface area contributed by atoms with Crippen LogP contribution in [0, 0.1) is 0 Å². The number of phenols is 3. The molecule has 17 heteroatoms. The van der Waals surface area contributed by atoms with Crippen LogP contribution in [0.5, 0.6) is 28.7 Å². The molecule has 0 amide bonds. The van der Waals surface area contributed by atoms with Crippen molar-refractivity contribution in [2.24, 2.45) is 0 Å². The zero-order chi connectivity index (χ0) is 32.0. The molecule has 0 radical (unpaired) electrons. The summed E-state index contributed by atoms with van der Waals surface area (Å²) in [7, 11) is 0. The Bertz CT molecular complexity index is 1550. The van der Waals surface area contributed by atoms with Gasteiger partial charge in [0.2, 0.25) is 23.8 Å². The highest BCUT2D eigenvalue weighted by Crippen LogP contribution is 2.40. The smallest absolute Gasteiger partial charge is 0.239 e. The number of fused-ring (bicyclic) bond motifs is 1. The van der Waals surface area contributed by atoms with Gasteiger partial charge in [-0.2, -0.15) is 0 Å². The fourth-order valence-electron chi connectivity index (χ4n) is 4.88. The summed E-state index contributed by atoms with van der Waals surface area (Å²) in [5.41, 5.74) is -1.51. The van der Waals surface area contributed by atoms with E-state index >= 15 is 0 Å². The Kier molecular flexibility index (Phi) is 8.87. The third kappa shape index (κ3) is 5.61. The molecule has 0 saturated carbocycles. The molecule has 11 N–H and O–H groups in total. The molecule has 2 aliphatic heterocycles. The first kappa shape index (κ1) is 31.7. The van der Waals surface area contributed by atoms with Crippen LogP contribution in [0.1, 0.15) is 0 Å². The van der Waals surface area contributed by atoms with Crippen LogP contribution in [0.3, 0.4) is 0 Å². The molecule has 0 unspecified atom stereocenters. The maximum atomic E-state index is 14.1. The summed E-state index contributed by atoms with van der Waals surface area (Å²) in [6.07, 6.45) is -17.5. The van der Waals surface area contributed by atoms with Crippen LogP contribution in [0.2, 0.25) is 0 Å². The van der Waals surface area contributed by atoms with Crippen molar-refractivity contribution in [3.63, 3.8) is 0 Å². The number of benzene rings is 2. The van der Waals surface area contributed by atoms with Crippen LogP contribution >= 0.6 is 0 Å². The minimum absolute atomic E-state index is 0.0707. The van der Waals surface area contributed by atoms with Gasteiger partial charge in [-0.15, -0.1) is 0 Å². The number of aliphatic hydroxyl groups excluding tert-OH is 8. The van der Waals surface area contributed by atoms with Crippen molar-refractivity contribution in [2.45, 2.75) is 61.4 Å². The first-order chi connectivity index (χ1) is 20.9. The van der Waals surface area contributed by atoms with Gasteiger partial charge in [0, 0.05) is 17.7 Å². The fraction of sp³-hybridized carbons (Fsp3) is 0.444.